The minimum atomic E-state index is -0.736. The number of carbonyl (C=O) groups is 1. The molecule has 0 spiro atoms. The Morgan fingerprint density at radius 1 is 1.15 bits per heavy atom. The second-order valence-electron chi connectivity index (χ2n) is 6.63. The topological polar surface area (TPSA) is 67.6 Å². The van der Waals surface area contributed by atoms with Crippen LogP contribution in [0.1, 0.15) is 44.9 Å². The summed E-state index contributed by atoms with van der Waals surface area (Å²) in [5, 5.41) is 3.12. The van der Waals surface area contributed by atoms with E-state index in [1.165, 1.54) is 19.3 Å². The van der Waals surface area contributed by atoms with Gasteiger partial charge in [-0.2, -0.15) is 0 Å². The lowest BCUT2D eigenvalue weighted by Crippen LogP contribution is -2.61. The van der Waals surface area contributed by atoms with E-state index in [-0.39, 0.29) is 11.4 Å². The van der Waals surface area contributed by atoms with Gasteiger partial charge >= 0.3 is 0 Å². The molecule has 0 aromatic heterocycles. The highest BCUT2D eigenvalue weighted by Gasteiger charge is 2.39. The number of carbonyl (C=O) groups excluding carboxylic acids is 1. The Morgan fingerprint density at radius 3 is 2.30 bits per heavy atom. The first-order valence-electron chi connectivity index (χ1n) is 7.81. The van der Waals surface area contributed by atoms with Crippen LogP contribution in [0.15, 0.2) is 0 Å². The molecule has 0 aromatic carbocycles. The van der Waals surface area contributed by atoms with E-state index in [0.717, 1.165) is 12.8 Å². The summed E-state index contributed by atoms with van der Waals surface area (Å²) >= 11 is 0. The largest absolute Gasteiger partial charge is 0.381 e. The number of amides is 1. The Kier molecular flexibility index (Phi) is 5.04. The van der Waals surface area contributed by atoms with E-state index < -0.39 is 5.54 Å². The van der Waals surface area contributed by atoms with Crippen LogP contribution >= 0.6 is 0 Å². The monoisotopic (exact) mass is 283 g/mol. The highest BCUT2D eigenvalue weighted by atomic mass is 16.5. The van der Waals surface area contributed by atoms with E-state index in [4.69, 9.17) is 10.5 Å². The van der Waals surface area contributed by atoms with Gasteiger partial charge in [0.05, 0.1) is 5.54 Å². The third-order valence-electron chi connectivity index (χ3n) is 5.15. The zero-order chi connectivity index (χ0) is 14.6. The molecule has 1 saturated heterocycles. The van der Waals surface area contributed by atoms with Gasteiger partial charge in [-0.1, -0.05) is 19.3 Å². The van der Waals surface area contributed by atoms with Crippen LogP contribution in [0, 0.1) is 0 Å². The summed E-state index contributed by atoms with van der Waals surface area (Å²) in [6.07, 6.45) is 7.34. The van der Waals surface area contributed by atoms with Crippen molar-refractivity contribution in [3.05, 3.63) is 0 Å². The molecule has 3 N–H and O–H groups in total. The third kappa shape index (κ3) is 3.32. The van der Waals surface area contributed by atoms with Crippen molar-refractivity contribution in [3.63, 3.8) is 0 Å². The van der Waals surface area contributed by atoms with Gasteiger partial charge in [-0.25, -0.2) is 0 Å². The van der Waals surface area contributed by atoms with Crippen LogP contribution in [-0.2, 0) is 9.53 Å². The molecule has 1 aliphatic carbocycles. The molecule has 0 aromatic rings. The van der Waals surface area contributed by atoms with E-state index in [9.17, 15) is 4.79 Å². The van der Waals surface area contributed by atoms with Crippen molar-refractivity contribution in [2.45, 2.75) is 56.0 Å². The lowest BCUT2D eigenvalue weighted by atomic mass is 9.80. The van der Waals surface area contributed by atoms with Crippen molar-refractivity contribution in [1.29, 1.82) is 0 Å². The van der Waals surface area contributed by atoms with Gasteiger partial charge in [0.15, 0.2) is 0 Å². The third-order valence-corrected chi connectivity index (χ3v) is 5.15. The van der Waals surface area contributed by atoms with Crippen LogP contribution in [0.2, 0.25) is 0 Å². The van der Waals surface area contributed by atoms with Crippen LogP contribution < -0.4 is 11.1 Å². The zero-order valence-corrected chi connectivity index (χ0v) is 12.9. The van der Waals surface area contributed by atoms with Crippen LogP contribution in [0.5, 0.6) is 0 Å². The molecule has 20 heavy (non-hydrogen) atoms. The summed E-state index contributed by atoms with van der Waals surface area (Å²) in [4.78, 5) is 14.7. The average molecular weight is 283 g/mol. The molecule has 0 atom stereocenters. The smallest absolute Gasteiger partial charge is 0.240 e. The van der Waals surface area contributed by atoms with Gasteiger partial charge in [-0.3, -0.25) is 4.79 Å². The van der Waals surface area contributed by atoms with Crippen molar-refractivity contribution in [1.82, 2.24) is 10.2 Å². The molecular formula is C15H29N3O2. The van der Waals surface area contributed by atoms with Crippen LogP contribution in [-0.4, -0.2) is 55.7 Å². The van der Waals surface area contributed by atoms with E-state index in [1.54, 1.807) is 0 Å². The number of ether oxygens (including phenoxy) is 1. The number of nitrogens with zero attached hydrogens (tertiary/aromatic N) is 1. The second kappa shape index (κ2) is 6.41. The Balaban J connectivity index is 1.93. The Morgan fingerprint density at radius 2 is 1.75 bits per heavy atom. The molecule has 2 fully saturated rings. The maximum absolute atomic E-state index is 12.4. The molecular weight excluding hydrogens is 254 g/mol. The summed E-state index contributed by atoms with van der Waals surface area (Å²) in [7, 11) is 4.23. The standard InChI is InChI=1S/C15H29N3O2/c1-18(2)14(6-4-3-5-7-14)12-17-13(19)15(16)8-10-20-11-9-15/h3-12,16H2,1-2H3,(H,17,19). The van der Waals surface area contributed by atoms with Gasteiger partial charge in [0.25, 0.3) is 0 Å². The van der Waals surface area contributed by atoms with E-state index >= 15 is 0 Å². The van der Waals surface area contributed by atoms with Crippen LogP contribution in [0.25, 0.3) is 0 Å². The number of hydrogen-bond donors (Lipinski definition) is 2. The molecule has 5 nitrogen and oxygen atoms in total. The summed E-state index contributed by atoms with van der Waals surface area (Å²) < 4.78 is 5.30. The molecule has 1 aliphatic heterocycles. The molecule has 2 aliphatic rings. The quantitative estimate of drug-likeness (QED) is 0.803. The lowest BCUT2D eigenvalue weighted by Gasteiger charge is -2.44. The van der Waals surface area contributed by atoms with Gasteiger partial charge < -0.3 is 20.7 Å². The summed E-state index contributed by atoms with van der Waals surface area (Å²) in [5.74, 6) is -0.00685. The number of nitrogens with one attached hydrogen (secondary N) is 1. The number of likely N-dealkylation sites (N-methyl/N-ethyl adjacent to an activating group) is 1. The first kappa shape index (κ1) is 15.7. The predicted molar refractivity (Wildman–Crippen MR) is 79.5 cm³/mol. The molecule has 116 valence electrons. The number of hydrogen-bond acceptors (Lipinski definition) is 4. The molecule has 0 radical (unpaired) electrons. The van der Waals surface area contributed by atoms with E-state index in [0.29, 0.717) is 32.6 Å². The number of nitrogens with two attached hydrogens (primary N) is 1. The SMILES string of the molecule is CN(C)C1(CNC(=O)C2(N)CCOCC2)CCCCC1. The van der Waals surface area contributed by atoms with E-state index in [1.807, 2.05) is 0 Å². The van der Waals surface area contributed by atoms with Crippen molar-refractivity contribution in [2.24, 2.45) is 5.73 Å². The fourth-order valence-corrected chi connectivity index (χ4v) is 3.38. The Bertz CT molecular complexity index is 332. The molecule has 1 heterocycles. The molecule has 0 bridgehead atoms. The summed E-state index contributed by atoms with van der Waals surface area (Å²) in [6, 6.07) is 0. The second-order valence-corrected chi connectivity index (χ2v) is 6.63. The Hall–Kier alpha value is -0.650. The highest BCUT2D eigenvalue weighted by Crippen LogP contribution is 2.31. The molecule has 5 heteroatoms. The van der Waals surface area contributed by atoms with Gasteiger partial charge in [0.1, 0.15) is 0 Å². The van der Waals surface area contributed by atoms with E-state index in [2.05, 4.69) is 24.3 Å². The number of rotatable bonds is 4. The maximum atomic E-state index is 12.4. The maximum Gasteiger partial charge on any atom is 0.240 e. The molecule has 2 rings (SSSR count). The molecule has 1 saturated carbocycles. The first-order chi connectivity index (χ1) is 9.49. The van der Waals surface area contributed by atoms with Crippen molar-refractivity contribution in [3.8, 4) is 0 Å². The van der Waals surface area contributed by atoms with Gasteiger partial charge in [0, 0.05) is 25.3 Å². The average Bonchev–Trinajstić information content (AvgIpc) is 2.46. The predicted octanol–water partition coefficient (Wildman–Crippen LogP) is 0.875. The van der Waals surface area contributed by atoms with Crippen molar-refractivity contribution in [2.75, 3.05) is 33.9 Å². The lowest BCUT2D eigenvalue weighted by molar-refractivity contribution is -0.130. The first-order valence-corrected chi connectivity index (χ1v) is 7.81. The fourth-order valence-electron chi connectivity index (χ4n) is 3.38. The highest BCUT2D eigenvalue weighted by molar-refractivity contribution is 5.86. The summed E-state index contributed by atoms with van der Waals surface area (Å²) in [5.41, 5.74) is 5.60. The molecule has 0 unspecified atom stereocenters. The van der Waals surface area contributed by atoms with Gasteiger partial charge in [0.2, 0.25) is 5.91 Å². The Labute approximate surface area is 122 Å². The zero-order valence-electron chi connectivity index (χ0n) is 12.9. The summed E-state index contributed by atoms with van der Waals surface area (Å²) in [6.45, 7) is 1.88. The van der Waals surface area contributed by atoms with Crippen LogP contribution in [0.3, 0.4) is 0 Å². The normalized spacial score (nSPS) is 25.4. The van der Waals surface area contributed by atoms with Crippen molar-refractivity contribution < 1.29 is 9.53 Å². The minimum Gasteiger partial charge on any atom is -0.381 e. The minimum absolute atomic E-state index is 0.00685. The molecule has 1 amide bonds. The van der Waals surface area contributed by atoms with Crippen LogP contribution in [0.4, 0.5) is 0 Å². The fraction of sp³-hybridized carbons (Fsp3) is 0.933. The van der Waals surface area contributed by atoms with Gasteiger partial charge in [-0.05, 0) is 39.8 Å². The van der Waals surface area contributed by atoms with Gasteiger partial charge in [-0.15, -0.1) is 0 Å². The van der Waals surface area contributed by atoms with Crippen molar-refractivity contribution >= 4 is 5.91 Å².